The lowest BCUT2D eigenvalue weighted by atomic mass is 10.1. The summed E-state index contributed by atoms with van der Waals surface area (Å²) < 4.78 is 5.34. The molecule has 0 aliphatic carbocycles. The minimum absolute atomic E-state index is 0.0199. The number of hydrogen-bond donors (Lipinski definition) is 0. The number of carbonyl (C=O) groups excluding carboxylic acids is 2. The zero-order valence-corrected chi connectivity index (χ0v) is 17.0. The van der Waals surface area contributed by atoms with E-state index in [4.69, 9.17) is 4.74 Å². The number of nitro benzene ring substituents is 1. The summed E-state index contributed by atoms with van der Waals surface area (Å²) >= 11 is 0. The van der Waals surface area contributed by atoms with E-state index in [0.29, 0.717) is 13.1 Å². The molecule has 7 heteroatoms. The first-order chi connectivity index (χ1) is 14.9. The van der Waals surface area contributed by atoms with Crippen LogP contribution < -0.4 is 0 Å². The molecule has 3 aromatic carbocycles. The highest BCUT2D eigenvalue weighted by molar-refractivity contribution is 5.92. The maximum Gasteiger partial charge on any atom is 0.339 e. The lowest BCUT2D eigenvalue weighted by Gasteiger charge is -2.26. The van der Waals surface area contributed by atoms with Gasteiger partial charge in [-0.3, -0.25) is 14.9 Å². The Kier molecular flexibility index (Phi) is 7.11. The molecule has 0 N–H and O–H groups in total. The number of benzene rings is 3. The van der Waals surface area contributed by atoms with Gasteiger partial charge in [0.05, 0.1) is 10.5 Å². The van der Waals surface area contributed by atoms with Gasteiger partial charge in [-0.2, -0.15) is 0 Å². The predicted octanol–water partition coefficient (Wildman–Crippen LogP) is 4.37. The Morgan fingerprint density at radius 3 is 1.97 bits per heavy atom. The molecule has 1 amide bonds. The molecule has 158 valence electrons. The lowest BCUT2D eigenvalue weighted by molar-refractivity contribution is -0.384. The van der Waals surface area contributed by atoms with Crippen molar-refractivity contribution in [3.8, 4) is 0 Å². The van der Waals surface area contributed by atoms with Gasteiger partial charge in [-0.15, -0.1) is 0 Å². The molecule has 0 aliphatic heterocycles. The molecular formula is C24H22N2O5. The summed E-state index contributed by atoms with van der Waals surface area (Å²) in [5, 5.41) is 10.9. The number of amides is 1. The van der Waals surface area contributed by atoms with Crippen molar-refractivity contribution in [2.45, 2.75) is 26.1 Å². The Morgan fingerprint density at radius 1 is 0.903 bits per heavy atom. The Labute approximate surface area is 180 Å². The Hall–Kier alpha value is -4.00. The molecule has 0 fully saturated rings. The molecule has 0 aliphatic rings. The van der Waals surface area contributed by atoms with Gasteiger partial charge in [0, 0.05) is 25.2 Å². The number of esters is 1. The maximum atomic E-state index is 13.1. The molecule has 0 saturated heterocycles. The van der Waals surface area contributed by atoms with Gasteiger partial charge in [-0.05, 0) is 24.1 Å². The minimum atomic E-state index is -1.06. The molecule has 7 nitrogen and oxygen atoms in total. The molecule has 0 heterocycles. The minimum Gasteiger partial charge on any atom is -0.449 e. The largest absolute Gasteiger partial charge is 0.449 e. The second-order valence-electron chi connectivity index (χ2n) is 7.02. The smallest absolute Gasteiger partial charge is 0.339 e. The number of carbonyl (C=O) groups is 2. The van der Waals surface area contributed by atoms with Crippen molar-refractivity contribution in [1.82, 2.24) is 4.90 Å². The van der Waals surface area contributed by atoms with Crippen LogP contribution in [0.4, 0.5) is 5.69 Å². The zero-order chi connectivity index (χ0) is 22.2. The van der Waals surface area contributed by atoms with Gasteiger partial charge in [0.2, 0.25) is 0 Å². The zero-order valence-electron chi connectivity index (χ0n) is 17.0. The fraction of sp³-hybridized carbons (Fsp3) is 0.167. The molecule has 1 atom stereocenters. The van der Waals surface area contributed by atoms with Crippen molar-refractivity contribution in [3.63, 3.8) is 0 Å². The second kappa shape index (κ2) is 10.2. The Bertz CT molecular complexity index is 1010. The topological polar surface area (TPSA) is 89.7 Å². The maximum absolute atomic E-state index is 13.1. The van der Waals surface area contributed by atoms with Crippen LogP contribution >= 0.6 is 0 Å². The van der Waals surface area contributed by atoms with Crippen LogP contribution in [0.2, 0.25) is 0 Å². The molecular weight excluding hydrogens is 396 g/mol. The van der Waals surface area contributed by atoms with E-state index in [0.717, 1.165) is 17.2 Å². The van der Waals surface area contributed by atoms with E-state index in [2.05, 4.69) is 0 Å². The average molecular weight is 418 g/mol. The number of rotatable bonds is 8. The molecule has 3 aromatic rings. The van der Waals surface area contributed by atoms with Gasteiger partial charge in [-0.1, -0.05) is 66.7 Å². The summed E-state index contributed by atoms with van der Waals surface area (Å²) in [6.07, 6.45) is -1.06. The molecule has 0 aromatic heterocycles. The highest BCUT2D eigenvalue weighted by Gasteiger charge is 2.25. The fourth-order valence-electron chi connectivity index (χ4n) is 3.10. The number of hydrogen-bond acceptors (Lipinski definition) is 5. The highest BCUT2D eigenvalue weighted by Crippen LogP contribution is 2.16. The third-order valence-electron chi connectivity index (χ3n) is 4.67. The summed E-state index contributed by atoms with van der Waals surface area (Å²) in [4.78, 5) is 37.6. The summed E-state index contributed by atoms with van der Waals surface area (Å²) in [6.45, 7) is 2.21. The van der Waals surface area contributed by atoms with E-state index in [-0.39, 0.29) is 17.2 Å². The van der Waals surface area contributed by atoms with Gasteiger partial charge in [0.25, 0.3) is 11.6 Å². The van der Waals surface area contributed by atoms with E-state index in [1.54, 1.807) is 4.90 Å². The first-order valence-electron chi connectivity index (χ1n) is 9.76. The number of non-ortho nitro benzene ring substituents is 1. The summed E-state index contributed by atoms with van der Waals surface area (Å²) in [6, 6.07) is 24.3. The van der Waals surface area contributed by atoms with E-state index < -0.39 is 17.0 Å². The van der Waals surface area contributed by atoms with Crippen molar-refractivity contribution in [2.75, 3.05) is 0 Å². The lowest BCUT2D eigenvalue weighted by Crippen LogP contribution is -2.39. The monoisotopic (exact) mass is 418 g/mol. The number of nitrogens with zero attached hydrogens (tertiary/aromatic N) is 2. The van der Waals surface area contributed by atoms with Gasteiger partial charge < -0.3 is 9.64 Å². The van der Waals surface area contributed by atoms with Crippen molar-refractivity contribution in [1.29, 1.82) is 0 Å². The fourth-order valence-corrected chi connectivity index (χ4v) is 3.10. The van der Waals surface area contributed by atoms with E-state index in [1.165, 1.54) is 25.1 Å². The van der Waals surface area contributed by atoms with Crippen LogP contribution in [0.5, 0.6) is 0 Å². The van der Waals surface area contributed by atoms with Crippen molar-refractivity contribution in [3.05, 3.63) is 112 Å². The normalized spacial score (nSPS) is 11.4. The SMILES string of the molecule is CC(OC(=O)c1cccc([N+](=O)[O-])c1)C(=O)N(Cc1ccccc1)Cc1ccccc1. The molecule has 0 spiro atoms. The quantitative estimate of drug-likeness (QED) is 0.308. The standard InChI is InChI=1S/C24H22N2O5/c1-18(31-24(28)21-13-8-14-22(15-21)26(29)30)23(27)25(16-19-9-4-2-5-10-19)17-20-11-6-3-7-12-20/h2-15,18H,16-17H2,1H3. The van der Waals surface area contributed by atoms with Crippen LogP contribution in [-0.4, -0.2) is 27.8 Å². The molecule has 0 bridgehead atoms. The number of ether oxygens (including phenoxy) is 1. The highest BCUT2D eigenvalue weighted by atomic mass is 16.6. The second-order valence-corrected chi connectivity index (χ2v) is 7.02. The summed E-state index contributed by atoms with van der Waals surface area (Å²) in [5.74, 6) is -1.14. The third-order valence-corrected chi connectivity index (χ3v) is 4.67. The first-order valence-corrected chi connectivity index (χ1v) is 9.76. The molecule has 3 rings (SSSR count). The number of nitro groups is 1. The van der Waals surface area contributed by atoms with Gasteiger partial charge in [-0.25, -0.2) is 4.79 Å². The van der Waals surface area contributed by atoms with Crippen LogP contribution in [0, 0.1) is 10.1 Å². The van der Waals surface area contributed by atoms with Crippen LogP contribution in [0.15, 0.2) is 84.9 Å². The van der Waals surface area contributed by atoms with Crippen molar-refractivity contribution < 1.29 is 19.2 Å². The van der Waals surface area contributed by atoms with Gasteiger partial charge in [0.1, 0.15) is 0 Å². The molecule has 1 unspecified atom stereocenters. The molecule has 0 saturated carbocycles. The van der Waals surface area contributed by atoms with Crippen molar-refractivity contribution in [2.24, 2.45) is 0 Å². The Morgan fingerprint density at radius 2 is 1.45 bits per heavy atom. The van der Waals surface area contributed by atoms with Gasteiger partial charge in [0.15, 0.2) is 6.10 Å². The summed E-state index contributed by atoms with van der Waals surface area (Å²) in [7, 11) is 0. The summed E-state index contributed by atoms with van der Waals surface area (Å²) in [5.41, 5.74) is 1.70. The van der Waals surface area contributed by atoms with E-state index >= 15 is 0 Å². The average Bonchev–Trinajstić information content (AvgIpc) is 2.79. The molecule has 0 radical (unpaired) electrons. The third kappa shape index (κ3) is 5.99. The predicted molar refractivity (Wildman–Crippen MR) is 115 cm³/mol. The first kappa shape index (κ1) is 21.7. The van der Waals surface area contributed by atoms with Crippen LogP contribution in [0.1, 0.15) is 28.4 Å². The van der Waals surface area contributed by atoms with Crippen LogP contribution in [-0.2, 0) is 22.6 Å². The molecule has 31 heavy (non-hydrogen) atoms. The van der Waals surface area contributed by atoms with E-state index in [1.807, 2.05) is 60.7 Å². The van der Waals surface area contributed by atoms with Gasteiger partial charge >= 0.3 is 5.97 Å². The van der Waals surface area contributed by atoms with Crippen molar-refractivity contribution >= 4 is 17.6 Å². The van der Waals surface area contributed by atoms with E-state index in [9.17, 15) is 19.7 Å². The van der Waals surface area contributed by atoms with Crippen LogP contribution in [0.3, 0.4) is 0 Å². The Balaban J connectivity index is 1.75. The van der Waals surface area contributed by atoms with Crippen LogP contribution in [0.25, 0.3) is 0 Å².